The Morgan fingerprint density at radius 1 is 0.930 bits per heavy atom. The van der Waals surface area contributed by atoms with E-state index in [0.29, 0.717) is 22.4 Å². The summed E-state index contributed by atoms with van der Waals surface area (Å²) in [7, 11) is 0. The van der Waals surface area contributed by atoms with Crippen molar-refractivity contribution in [2.24, 2.45) is 5.73 Å². The molecule has 6 nitrogen and oxygen atoms in total. The van der Waals surface area contributed by atoms with Gasteiger partial charge >= 0.3 is 0 Å². The molecule has 0 aliphatic heterocycles. The van der Waals surface area contributed by atoms with Crippen LogP contribution in [0.5, 0.6) is 0 Å². The molecule has 9 heteroatoms. The number of carbonyl (C=O) groups excluding carboxylic acids is 2. The number of benzene rings is 3. The fraction of sp³-hybridized carbons (Fsp3) is 0.206. The van der Waals surface area contributed by atoms with Crippen molar-refractivity contribution in [3.05, 3.63) is 125 Å². The van der Waals surface area contributed by atoms with Gasteiger partial charge in [-0.3, -0.25) is 14.6 Å². The normalized spacial score (nSPS) is 12.3. The molecule has 43 heavy (non-hydrogen) atoms. The van der Waals surface area contributed by atoms with Crippen LogP contribution >= 0.6 is 0 Å². The van der Waals surface area contributed by atoms with E-state index in [9.17, 15) is 22.8 Å². The molecule has 220 valence electrons. The molecular weight excluding hydrogens is 553 g/mol. The minimum absolute atomic E-state index is 0.00680. The lowest BCUT2D eigenvalue weighted by Gasteiger charge is -2.24. The third-order valence-electron chi connectivity index (χ3n) is 7.29. The van der Waals surface area contributed by atoms with Crippen LogP contribution in [0.1, 0.15) is 54.1 Å². The number of nitrogens with zero attached hydrogens (tertiary/aromatic N) is 2. The molecule has 0 radical (unpaired) electrons. The van der Waals surface area contributed by atoms with Gasteiger partial charge in [-0.2, -0.15) is 0 Å². The molecule has 1 atom stereocenters. The van der Waals surface area contributed by atoms with Gasteiger partial charge in [0.15, 0.2) is 0 Å². The van der Waals surface area contributed by atoms with E-state index in [1.54, 1.807) is 12.1 Å². The number of fused-ring (bicyclic) bond motifs is 1. The van der Waals surface area contributed by atoms with Crippen LogP contribution in [-0.4, -0.2) is 21.4 Å². The lowest BCUT2D eigenvalue weighted by atomic mass is 9.92. The summed E-state index contributed by atoms with van der Waals surface area (Å²) < 4.78 is 44.6. The number of hydrogen-bond acceptors (Lipinski definition) is 3. The van der Waals surface area contributed by atoms with Gasteiger partial charge in [0.25, 0.3) is 5.91 Å². The molecule has 0 aliphatic rings. The van der Waals surface area contributed by atoms with Gasteiger partial charge in [0, 0.05) is 34.5 Å². The van der Waals surface area contributed by atoms with Gasteiger partial charge in [-0.15, -0.1) is 0 Å². The molecule has 0 unspecified atom stereocenters. The second-order valence-corrected chi connectivity index (χ2v) is 11.5. The third kappa shape index (κ3) is 6.45. The molecule has 2 heterocycles. The zero-order chi connectivity index (χ0) is 30.9. The summed E-state index contributed by atoms with van der Waals surface area (Å²) in [6.45, 7) is 6.19. The smallest absolute Gasteiger partial charge is 0.251 e. The lowest BCUT2D eigenvalue weighted by molar-refractivity contribution is -0.122. The second-order valence-electron chi connectivity index (χ2n) is 11.5. The molecule has 3 N–H and O–H groups in total. The van der Waals surface area contributed by atoms with Crippen molar-refractivity contribution in [1.82, 2.24) is 14.9 Å². The Morgan fingerprint density at radius 2 is 1.65 bits per heavy atom. The van der Waals surface area contributed by atoms with Crippen LogP contribution in [0.4, 0.5) is 13.2 Å². The van der Waals surface area contributed by atoms with Crippen LogP contribution in [0.15, 0.2) is 85.1 Å². The highest BCUT2D eigenvalue weighted by molar-refractivity contribution is 5.94. The molecule has 3 aromatic carbocycles. The van der Waals surface area contributed by atoms with Gasteiger partial charge in [0.1, 0.15) is 24.0 Å². The van der Waals surface area contributed by atoms with Crippen LogP contribution in [-0.2, 0) is 23.2 Å². The number of carbonyl (C=O) groups is 2. The Hall–Kier alpha value is -4.92. The number of primary amides is 1. The van der Waals surface area contributed by atoms with E-state index in [4.69, 9.17) is 5.73 Å². The highest BCUT2D eigenvalue weighted by Gasteiger charge is 2.25. The number of amides is 2. The molecule has 0 aliphatic carbocycles. The molecule has 5 aromatic rings. The van der Waals surface area contributed by atoms with E-state index >= 15 is 0 Å². The molecule has 2 aromatic heterocycles. The Labute approximate surface area is 247 Å². The van der Waals surface area contributed by atoms with Crippen molar-refractivity contribution in [2.75, 3.05) is 0 Å². The molecule has 0 saturated heterocycles. The van der Waals surface area contributed by atoms with Crippen LogP contribution < -0.4 is 11.1 Å². The fourth-order valence-electron chi connectivity index (χ4n) is 5.39. The van der Waals surface area contributed by atoms with E-state index in [2.05, 4.69) is 37.1 Å². The van der Waals surface area contributed by atoms with Crippen molar-refractivity contribution in [2.45, 2.75) is 45.2 Å². The summed E-state index contributed by atoms with van der Waals surface area (Å²) in [4.78, 5) is 30.1. The van der Waals surface area contributed by atoms with Crippen molar-refractivity contribution in [3.63, 3.8) is 0 Å². The fourth-order valence-corrected chi connectivity index (χ4v) is 5.39. The first-order valence-corrected chi connectivity index (χ1v) is 13.8. The zero-order valence-corrected chi connectivity index (χ0v) is 24.0. The summed E-state index contributed by atoms with van der Waals surface area (Å²) in [6.07, 6.45) is 1.53. The number of hydrogen-bond donors (Lipinski definition) is 2. The van der Waals surface area contributed by atoms with Crippen molar-refractivity contribution in [1.29, 1.82) is 0 Å². The van der Waals surface area contributed by atoms with E-state index in [1.807, 2.05) is 28.8 Å². The average Bonchev–Trinajstić information content (AvgIpc) is 3.31. The molecule has 0 fully saturated rings. The molecule has 5 rings (SSSR count). The average molecular weight is 585 g/mol. The van der Waals surface area contributed by atoms with Gasteiger partial charge in [-0.25, -0.2) is 13.2 Å². The molecule has 0 spiro atoms. The number of rotatable bonds is 8. The predicted octanol–water partition coefficient (Wildman–Crippen LogP) is 6.62. The lowest BCUT2D eigenvalue weighted by Crippen LogP contribution is -2.34. The number of halogens is 3. The summed E-state index contributed by atoms with van der Waals surface area (Å²) in [6, 6.07) is 19.5. The largest absolute Gasteiger partial charge is 0.366 e. The maximum absolute atomic E-state index is 14.3. The monoisotopic (exact) mass is 584 g/mol. The minimum Gasteiger partial charge on any atom is -0.366 e. The maximum atomic E-state index is 14.3. The van der Waals surface area contributed by atoms with Gasteiger partial charge < -0.3 is 15.6 Å². The van der Waals surface area contributed by atoms with Gasteiger partial charge in [-0.05, 0) is 65.4 Å². The van der Waals surface area contributed by atoms with Crippen LogP contribution in [0.25, 0.3) is 22.0 Å². The Morgan fingerprint density at radius 3 is 2.35 bits per heavy atom. The molecule has 2 amide bonds. The van der Waals surface area contributed by atoms with Crippen LogP contribution in [0.3, 0.4) is 0 Å². The Balaban J connectivity index is 1.56. The van der Waals surface area contributed by atoms with Gasteiger partial charge in [0.05, 0.1) is 17.3 Å². The third-order valence-corrected chi connectivity index (χ3v) is 7.29. The number of para-hydroxylation sites is 1. The second kappa shape index (κ2) is 11.8. The molecular formula is C34H31F3N4O2. The predicted molar refractivity (Wildman–Crippen MR) is 160 cm³/mol. The van der Waals surface area contributed by atoms with Gasteiger partial charge in [-0.1, -0.05) is 51.1 Å². The van der Waals surface area contributed by atoms with E-state index < -0.39 is 29.4 Å². The van der Waals surface area contributed by atoms with Crippen molar-refractivity contribution >= 4 is 22.7 Å². The molecule has 0 bridgehead atoms. The van der Waals surface area contributed by atoms with E-state index in [-0.39, 0.29) is 29.9 Å². The van der Waals surface area contributed by atoms with Crippen molar-refractivity contribution in [3.8, 4) is 11.1 Å². The highest BCUT2D eigenvalue weighted by atomic mass is 19.1. The Kier molecular flexibility index (Phi) is 8.08. The Bertz CT molecular complexity index is 1820. The number of aromatic nitrogens is 2. The number of pyridine rings is 1. The molecule has 0 saturated carbocycles. The first kappa shape index (κ1) is 29.6. The first-order valence-electron chi connectivity index (χ1n) is 13.8. The van der Waals surface area contributed by atoms with Crippen LogP contribution in [0, 0.1) is 17.5 Å². The summed E-state index contributed by atoms with van der Waals surface area (Å²) in [5.41, 5.74) is 8.30. The zero-order valence-electron chi connectivity index (χ0n) is 24.0. The minimum atomic E-state index is -0.932. The number of nitrogens with one attached hydrogen (secondary N) is 1. The topological polar surface area (TPSA) is 90.0 Å². The van der Waals surface area contributed by atoms with Crippen LogP contribution in [0.2, 0.25) is 0 Å². The quantitative estimate of drug-likeness (QED) is 0.215. The summed E-state index contributed by atoms with van der Waals surface area (Å²) >= 11 is 0. The highest BCUT2D eigenvalue weighted by Crippen LogP contribution is 2.32. The van der Waals surface area contributed by atoms with E-state index in [0.717, 1.165) is 28.7 Å². The maximum Gasteiger partial charge on any atom is 0.251 e. The van der Waals surface area contributed by atoms with E-state index in [1.165, 1.54) is 30.5 Å². The standard InChI is InChI=1S/C34H31F3N4O2/c1-34(2,3)30-17-22-7-4-5-9-29(22)41(30)19-31(42)40-28(15-20-13-23(35)18-24(36)14-20)32-25(8-6-12-39-32)21-10-11-27(37)26(16-21)33(38)43/h4-14,16-18,28H,15,19H2,1-3H3,(H2,38,43)(H,40,42)/t28-/m0/s1. The summed E-state index contributed by atoms with van der Waals surface area (Å²) in [5, 5.41) is 4.03. The SMILES string of the molecule is CC(C)(C)c1cc2ccccc2n1CC(=O)N[C@@H](Cc1cc(F)cc(F)c1)c1ncccc1-c1ccc(F)c(C(N)=O)c1. The first-order chi connectivity index (χ1) is 20.4. The van der Waals surface area contributed by atoms with Gasteiger partial charge in [0.2, 0.25) is 5.91 Å². The van der Waals surface area contributed by atoms with Crippen molar-refractivity contribution < 1.29 is 22.8 Å². The number of nitrogens with two attached hydrogens (primary N) is 1. The summed E-state index contributed by atoms with van der Waals surface area (Å²) in [5.74, 6) is -3.55.